The number of nitrogens with one attached hydrogen (secondary N) is 1. The Labute approximate surface area is 131 Å². The highest BCUT2D eigenvalue weighted by molar-refractivity contribution is 14.1. The molecule has 0 spiro atoms. The molecular formula is C14H17IN5+. The summed E-state index contributed by atoms with van der Waals surface area (Å²) in [7, 11) is 0. The predicted molar refractivity (Wildman–Crippen MR) is 89.9 cm³/mol. The molecule has 0 fully saturated rings. The third kappa shape index (κ3) is 3.19. The number of guanidine groups is 1. The fraction of sp³-hybridized carbons (Fsp3) is 0.143. The van der Waals surface area contributed by atoms with E-state index in [0.29, 0.717) is 0 Å². The van der Waals surface area contributed by atoms with Gasteiger partial charge in [-0.25, -0.2) is 0 Å². The summed E-state index contributed by atoms with van der Waals surface area (Å²) in [5, 5.41) is 6.48. The van der Waals surface area contributed by atoms with E-state index in [4.69, 9.17) is 11.5 Å². The second kappa shape index (κ2) is 6.08. The number of halogens is 1. The maximum atomic E-state index is 5.27. The summed E-state index contributed by atoms with van der Waals surface area (Å²) in [6.07, 6.45) is 1.78. The lowest BCUT2D eigenvalue weighted by Crippen LogP contribution is -2.63. The standard InChI is InChI=1S/C14H16IN5/c1-9-7-11(8-18-19-14(16)17)10(2)20(9)13-5-3-12(15)4-6-13/h3-8H,1-2H3,(H4,16,17,19)/p+1/b18-8+. The maximum absolute atomic E-state index is 5.27. The zero-order valence-electron chi connectivity index (χ0n) is 11.4. The molecule has 0 aliphatic rings. The van der Waals surface area contributed by atoms with Crippen LogP contribution in [0.25, 0.3) is 5.69 Å². The molecule has 0 radical (unpaired) electrons. The molecule has 0 saturated heterocycles. The van der Waals surface area contributed by atoms with Gasteiger partial charge in [0.1, 0.15) is 0 Å². The molecular weight excluding hydrogens is 365 g/mol. The molecule has 0 amide bonds. The summed E-state index contributed by atoms with van der Waals surface area (Å²) in [5.41, 5.74) is 15.0. The van der Waals surface area contributed by atoms with Gasteiger partial charge in [-0.15, -0.1) is 5.10 Å². The van der Waals surface area contributed by atoms with Crippen molar-refractivity contribution in [3.63, 3.8) is 0 Å². The van der Waals surface area contributed by atoms with Crippen LogP contribution < -0.4 is 16.6 Å². The van der Waals surface area contributed by atoms with Crippen molar-refractivity contribution in [2.24, 2.45) is 16.6 Å². The van der Waals surface area contributed by atoms with Crippen LogP contribution in [0.4, 0.5) is 0 Å². The lowest BCUT2D eigenvalue weighted by molar-refractivity contribution is -0.456. The Hall–Kier alpha value is -1.83. The largest absolute Gasteiger partial charge is 0.365 e. The van der Waals surface area contributed by atoms with E-state index in [1.54, 1.807) is 6.21 Å². The summed E-state index contributed by atoms with van der Waals surface area (Å²) in [6, 6.07) is 10.5. The monoisotopic (exact) mass is 382 g/mol. The van der Waals surface area contributed by atoms with Gasteiger partial charge in [0.2, 0.25) is 6.21 Å². The Morgan fingerprint density at radius 2 is 1.90 bits per heavy atom. The lowest BCUT2D eigenvalue weighted by Gasteiger charge is -2.09. The first-order valence-corrected chi connectivity index (χ1v) is 7.19. The molecule has 1 aromatic heterocycles. The molecule has 0 atom stereocenters. The van der Waals surface area contributed by atoms with Gasteiger partial charge in [-0.3, -0.25) is 0 Å². The number of hydrazone groups is 1. The van der Waals surface area contributed by atoms with E-state index in [-0.39, 0.29) is 5.96 Å². The molecule has 2 aromatic rings. The van der Waals surface area contributed by atoms with Gasteiger partial charge in [-0.05, 0) is 66.8 Å². The number of rotatable bonds is 3. The summed E-state index contributed by atoms with van der Waals surface area (Å²) in [6.45, 7) is 4.14. The minimum absolute atomic E-state index is 0.00712. The Balaban J connectivity index is 2.41. The van der Waals surface area contributed by atoms with Crippen LogP contribution in [0, 0.1) is 17.4 Å². The zero-order valence-corrected chi connectivity index (χ0v) is 13.5. The van der Waals surface area contributed by atoms with Crippen molar-refractivity contribution < 1.29 is 5.10 Å². The molecule has 0 bridgehead atoms. The average molecular weight is 382 g/mol. The topological polar surface area (TPSA) is 83.3 Å². The van der Waals surface area contributed by atoms with Gasteiger partial charge < -0.3 is 16.0 Å². The number of hydrogen-bond acceptors (Lipinski definition) is 1. The smallest absolute Gasteiger partial charge is 0.256 e. The minimum Gasteiger partial charge on any atom is -0.365 e. The van der Waals surface area contributed by atoms with Gasteiger partial charge in [0.05, 0.1) is 5.56 Å². The van der Waals surface area contributed by atoms with Gasteiger partial charge in [0.25, 0.3) is 5.96 Å². The normalized spacial score (nSPS) is 10.9. The van der Waals surface area contributed by atoms with Crippen molar-refractivity contribution in [3.05, 3.63) is 50.9 Å². The van der Waals surface area contributed by atoms with Crippen molar-refractivity contribution >= 4 is 34.8 Å². The molecule has 2 rings (SSSR count). The fourth-order valence-corrected chi connectivity index (χ4v) is 2.46. The number of nitrogens with zero attached hydrogens (tertiary/aromatic N) is 2. The lowest BCUT2D eigenvalue weighted by atomic mass is 10.2. The molecule has 0 unspecified atom stereocenters. The van der Waals surface area contributed by atoms with Crippen molar-refractivity contribution in [3.8, 4) is 5.69 Å². The van der Waals surface area contributed by atoms with E-state index in [0.717, 1.165) is 22.6 Å². The predicted octanol–water partition coefficient (Wildman–Crippen LogP) is 0.387. The fourth-order valence-electron chi connectivity index (χ4n) is 2.10. The minimum atomic E-state index is 0.00712. The molecule has 0 saturated carbocycles. The molecule has 20 heavy (non-hydrogen) atoms. The number of benzene rings is 1. The summed E-state index contributed by atoms with van der Waals surface area (Å²) in [4.78, 5) is 0. The molecule has 1 aromatic carbocycles. The highest BCUT2D eigenvalue weighted by atomic mass is 127. The van der Waals surface area contributed by atoms with Gasteiger partial charge in [0, 0.05) is 25.7 Å². The number of hydrogen-bond donors (Lipinski definition) is 3. The van der Waals surface area contributed by atoms with Crippen molar-refractivity contribution in [2.75, 3.05) is 0 Å². The zero-order chi connectivity index (χ0) is 14.7. The van der Waals surface area contributed by atoms with Gasteiger partial charge in [-0.2, -0.15) is 0 Å². The van der Waals surface area contributed by atoms with E-state index in [1.807, 2.05) is 0 Å². The number of aromatic nitrogens is 1. The van der Waals surface area contributed by atoms with Crippen molar-refractivity contribution in [1.29, 1.82) is 0 Å². The summed E-state index contributed by atoms with van der Waals surface area (Å²) < 4.78 is 3.41. The maximum Gasteiger partial charge on any atom is 0.256 e. The quantitative estimate of drug-likeness (QED) is 0.311. The molecule has 5 nitrogen and oxygen atoms in total. The molecule has 0 aliphatic heterocycles. The van der Waals surface area contributed by atoms with E-state index in [9.17, 15) is 0 Å². The Morgan fingerprint density at radius 3 is 2.50 bits per heavy atom. The second-order valence-electron chi connectivity index (χ2n) is 4.45. The molecule has 104 valence electrons. The van der Waals surface area contributed by atoms with Gasteiger partial charge in [-0.1, -0.05) is 0 Å². The van der Waals surface area contributed by atoms with Gasteiger partial charge in [0.15, 0.2) is 0 Å². The Morgan fingerprint density at radius 1 is 1.25 bits per heavy atom. The average Bonchev–Trinajstić information content (AvgIpc) is 2.66. The highest BCUT2D eigenvalue weighted by Gasteiger charge is 2.10. The highest BCUT2D eigenvalue weighted by Crippen LogP contribution is 2.20. The van der Waals surface area contributed by atoms with Crippen LogP contribution in [0.1, 0.15) is 17.0 Å². The third-order valence-electron chi connectivity index (χ3n) is 2.97. The second-order valence-corrected chi connectivity index (χ2v) is 5.69. The third-order valence-corrected chi connectivity index (χ3v) is 3.69. The van der Waals surface area contributed by atoms with E-state index in [1.165, 1.54) is 3.57 Å². The Bertz CT molecular complexity index is 664. The molecule has 0 aliphatic carbocycles. The van der Waals surface area contributed by atoms with Crippen molar-refractivity contribution in [1.82, 2.24) is 4.57 Å². The molecule has 5 N–H and O–H groups in total. The van der Waals surface area contributed by atoms with E-state index >= 15 is 0 Å². The summed E-state index contributed by atoms with van der Waals surface area (Å²) in [5.74, 6) is 0.00712. The van der Waals surface area contributed by atoms with Gasteiger partial charge >= 0.3 is 0 Å². The van der Waals surface area contributed by atoms with Crippen molar-refractivity contribution in [2.45, 2.75) is 13.8 Å². The van der Waals surface area contributed by atoms with Crippen LogP contribution in [0.15, 0.2) is 35.4 Å². The van der Waals surface area contributed by atoms with Crippen LogP contribution in [0.5, 0.6) is 0 Å². The Kier molecular flexibility index (Phi) is 4.43. The molecule has 1 heterocycles. The first kappa shape index (κ1) is 14.6. The van der Waals surface area contributed by atoms with Crippen LogP contribution in [0.2, 0.25) is 0 Å². The van der Waals surface area contributed by atoms with E-state index in [2.05, 4.69) is 81.5 Å². The van der Waals surface area contributed by atoms with Crippen LogP contribution in [0.3, 0.4) is 0 Å². The molecule has 6 heteroatoms. The summed E-state index contributed by atoms with van der Waals surface area (Å²) >= 11 is 2.30. The number of aryl methyl sites for hydroxylation is 1. The first-order chi connectivity index (χ1) is 9.49. The van der Waals surface area contributed by atoms with Crippen LogP contribution in [-0.4, -0.2) is 16.7 Å². The van der Waals surface area contributed by atoms with Crippen LogP contribution >= 0.6 is 22.6 Å². The van der Waals surface area contributed by atoms with E-state index < -0.39 is 0 Å². The SMILES string of the molecule is Cc1cc(/C=[NH+]/N=C(N)N)c(C)n1-c1ccc(I)cc1. The number of nitrogens with two attached hydrogens (primary N) is 2. The first-order valence-electron chi connectivity index (χ1n) is 6.11. The van der Waals surface area contributed by atoms with Crippen LogP contribution in [-0.2, 0) is 0 Å².